The molecule has 4 nitrogen and oxygen atoms in total. The monoisotopic (exact) mass is 267 g/mol. The minimum Gasteiger partial charge on any atom is -0.392 e. The van der Waals surface area contributed by atoms with Crippen LogP contribution >= 0.6 is 0 Å². The van der Waals surface area contributed by atoms with Gasteiger partial charge in [0.05, 0.1) is 23.4 Å². The van der Waals surface area contributed by atoms with Crippen LogP contribution in [-0.2, 0) is 6.61 Å². The lowest BCUT2D eigenvalue weighted by atomic mass is 10.1. The minimum atomic E-state index is -0.301. The molecule has 0 bridgehead atoms. The lowest BCUT2D eigenvalue weighted by Crippen LogP contribution is -2.30. The molecule has 3 rings (SSSR count). The number of amides is 2. The number of hydrogen-bond acceptors (Lipinski definition) is 3. The first-order chi connectivity index (χ1) is 9.63. The summed E-state index contributed by atoms with van der Waals surface area (Å²) in [6, 6.07) is 12.0. The number of carbonyl (C=O) groups excluding carboxylic acids is 2. The molecule has 0 radical (unpaired) electrons. The van der Waals surface area contributed by atoms with Crippen LogP contribution in [0.25, 0.3) is 0 Å². The maximum absolute atomic E-state index is 12.4. The number of carbonyl (C=O) groups is 2. The number of nitrogens with zero attached hydrogens (tertiary/aromatic N) is 1. The van der Waals surface area contributed by atoms with E-state index in [9.17, 15) is 9.59 Å². The molecule has 1 aliphatic rings. The third-order valence-corrected chi connectivity index (χ3v) is 3.48. The highest BCUT2D eigenvalue weighted by Gasteiger charge is 2.36. The lowest BCUT2D eigenvalue weighted by Gasteiger charge is -2.17. The molecular weight excluding hydrogens is 254 g/mol. The highest BCUT2D eigenvalue weighted by atomic mass is 16.3. The number of aliphatic hydroxyl groups excluding tert-OH is 1. The van der Waals surface area contributed by atoms with E-state index in [2.05, 4.69) is 0 Å². The van der Waals surface area contributed by atoms with Gasteiger partial charge >= 0.3 is 0 Å². The van der Waals surface area contributed by atoms with Crippen LogP contribution in [0.15, 0.2) is 42.5 Å². The first-order valence-corrected chi connectivity index (χ1v) is 6.31. The first kappa shape index (κ1) is 12.6. The van der Waals surface area contributed by atoms with Crippen molar-refractivity contribution in [1.29, 1.82) is 0 Å². The van der Waals surface area contributed by atoms with E-state index >= 15 is 0 Å². The molecule has 0 fully saturated rings. The van der Waals surface area contributed by atoms with E-state index in [1.54, 1.807) is 42.5 Å². The van der Waals surface area contributed by atoms with E-state index in [0.29, 0.717) is 16.8 Å². The number of aliphatic hydroxyl groups is 1. The molecule has 20 heavy (non-hydrogen) atoms. The molecular formula is C16H13NO3. The van der Waals surface area contributed by atoms with Crippen LogP contribution in [0.1, 0.15) is 31.8 Å². The molecule has 2 aromatic carbocycles. The van der Waals surface area contributed by atoms with Gasteiger partial charge in [-0.15, -0.1) is 0 Å². The van der Waals surface area contributed by atoms with Crippen LogP contribution in [0.4, 0.5) is 5.69 Å². The molecule has 0 spiro atoms. The van der Waals surface area contributed by atoms with E-state index in [4.69, 9.17) is 5.11 Å². The number of imide groups is 1. The number of anilines is 1. The third kappa shape index (κ3) is 1.73. The predicted octanol–water partition coefficient (Wildman–Crippen LogP) is 2.29. The van der Waals surface area contributed by atoms with Gasteiger partial charge in [-0.3, -0.25) is 9.59 Å². The molecule has 2 amide bonds. The van der Waals surface area contributed by atoms with Crippen LogP contribution in [-0.4, -0.2) is 16.9 Å². The summed E-state index contributed by atoms with van der Waals surface area (Å²) in [5.74, 6) is -0.601. The van der Waals surface area contributed by atoms with Gasteiger partial charge in [-0.05, 0) is 36.2 Å². The highest BCUT2D eigenvalue weighted by Crippen LogP contribution is 2.30. The third-order valence-electron chi connectivity index (χ3n) is 3.48. The van der Waals surface area contributed by atoms with Crippen molar-refractivity contribution in [3.05, 3.63) is 64.7 Å². The fourth-order valence-electron chi connectivity index (χ4n) is 2.47. The molecule has 0 aliphatic carbocycles. The Bertz CT molecular complexity index is 686. The fraction of sp³-hybridized carbons (Fsp3) is 0.125. The summed E-state index contributed by atoms with van der Waals surface area (Å²) in [5.41, 5.74) is 2.97. The zero-order valence-electron chi connectivity index (χ0n) is 11.0. The molecule has 0 saturated heterocycles. The van der Waals surface area contributed by atoms with Crippen molar-refractivity contribution in [2.45, 2.75) is 13.5 Å². The van der Waals surface area contributed by atoms with Crippen molar-refractivity contribution in [1.82, 2.24) is 0 Å². The summed E-state index contributed by atoms with van der Waals surface area (Å²) in [6.07, 6.45) is 0. The Balaban J connectivity index is 2.09. The molecule has 0 unspecified atom stereocenters. The molecule has 100 valence electrons. The normalized spacial score (nSPS) is 13.8. The van der Waals surface area contributed by atoms with Gasteiger partial charge in [0, 0.05) is 0 Å². The van der Waals surface area contributed by atoms with E-state index in [0.717, 1.165) is 11.1 Å². The van der Waals surface area contributed by atoms with Crippen molar-refractivity contribution >= 4 is 17.5 Å². The second-order valence-corrected chi connectivity index (χ2v) is 4.77. The average molecular weight is 267 g/mol. The standard InChI is InChI=1S/C16H13NO3/c1-10-8-11(9-18)6-7-14(10)17-15(19)12-4-2-3-5-13(12)16(17)20/h2-8,18H,9H2,1H3. The molecule has 4 heteroatoms. The van der Waals surface area contributed by atoms with Crippen molar-refractivity contribution in [3.63, 3.8) is 0 Å². The van der Waals surface area contributed by atoms with Crippen LogP contribution in [0.5, 0.6) is 0 Å². The van der Waals surface area contributed by atoms with Gasteiger partial charge < -0.3 is 5.11 Å². The number of hydrogen-bond donors (Lipinski definition) is 1. The van der Waals surface area contributed by atoms with E-state index in [-0.39, 0.29) is 18.4 Å². The lowest BCUT2D eigenvalue weighted by molar-refractivity contribution is 0.0926. The van der Waals surface area contributed by atoms with Gasteiger partial charge in [-0.25, -0.2) is 4.90 Å². The molecule has 1 heterocycles. The van der Waals surface area contributed by atoms with Crippen LogP contribution in [0.3, 0.4) is 0 Å². The van der Waals surface area contributed by atoms with Gasteiger partial charge in [0.2, 0.25) is 0 Å². The maximum Gasteiger partial charge on any atom is 0.266 e. The average Bonchev–Trinajstić information content (AvgIpc) is 2.72. The van der Waals surface area contributed by atoms with Gasteiger partial charge in [0.15, 0.2) is 0 Å². The Labute approximate surface area is 116 Å². The Hall–Kier alpha value is -2.46. The summed E-state index contributed by atoms with van der Waals surface area (Å²) in [6.45, 7) is 1.75. The number of aryl methyl sites for hydroxylation is 1. The smallest absolute Gasteiger partial charge is 0.266 e. The zero-order valence-corrected chi connectivity index (χ0v) is 11.0. The van der Waals surface area contributed by atoms with Crippen LogP contribution < -0.4 is 4.90 Å². The van der Waals surface area contributed by atoms with Gasteiger partial charge in [0.25, 0.3) is 11.8 Å². The van der Waals surface area contributed by atoms with Crippen LogP contribution in [0.2, 0.25) is 0 Å². The number of fused-ring (bicyclic) bond motifs is 1. The molecule has 0 aromatic heterocycles. The fourth-order valence-corrected chi connectivity index (χ4v) is 2.47. The Morgan fingerprint density at radius 3 is 2.10 bits per heavy atom. The van der Waals surface area contributed by atoms with Crippen molar-refractivity contribution in [3.8, 4) is 0 Å². The Morgan fingerprint density at radius 1 is 1.00 bits per heavy atom. The minimum absolute atomic E-state index is 0.0662. The molecule has 1 aliphatic heterocycles. The van der Waals surface area contributed by atoms with E-state index < -0.39 is 0 Å². The summed E-state index contributed by atoms with van der Waals surface area (Å²) >= 11 is 0. The van der Waals surface area contributed by atoms with Gasteiger partial charge in [0.1, 0.15) is 0 Å². The summed E-state index contributed by atoms with van der Waals surface area (Å²) in [5, 5.41) is 9.12. The molecule has 0 saturated carbocycles. The first-order valence-electron chi connectivity index (χ1n) is 6.31. The Kier molecular flexibility index (Phi) is 2.88. The Morgan fingerprint density at radius 2 is 1.60 bits per heavy atom. The number of rotatable bonds is 2. The second kappa shape index (κ2) is 4.58. The van der Waals surface area contributed by atoms with Crippen molar-refractivity contribution < 1.29 is 14.7 Å². The van der Waals surface area contributed by atoms with Crippen molar-refractivity contribution in [2.75, 3.05) is 4.90 Å². The quantitative estimate of drug-likeness (QED) is 0.849. The van der Waals surface area contributed by atoms with Gasteiger partial charge in [-0.1, -0.05) is 24.3 Å². The summed E-state index contributed by atoms with van der Waals surface area (Å²) in [4.78, 5) is 25.9. The maximum atomic E-state index is 12.4. The number of benzene rings is 2. The summed E-state index contributed by atoms with van der Waals surface area (Å²) < 4.78 is 0. The molecule has 2 aromatic rings. The largest absolute Gasteiger partial charge is 0.392 e. The summed E-state index contributed by atoms with van der Waals surface area (Å²) in [7, 11) is 0. The van der Waals surface area contributed by atoms with Crippen LogP contribution in [0, 0.1) is 6.92 Å². The predicted molar refractivity (Wildman–Crippen MR) is 74.7 cm³/mol. The van der Waals surface area contributed by atoms with Crippen molar-refractivity contribution in [2.24, 2.45) is 0 Å². The van der Waals surface area contributed by atoms with E-state index in [1.807, 2.05) is 6.92 Å². The molecule has 0 atom stereocenters. The second-order valence-electron chi connectivity index (χ2n) is 4.77. The molecule has 1 N–H and O–H groups in total. The SMILES string of the molecule is Cc1cc(CO)ccc1N1C(=O)c2ccccc2C1=O. The van der Waals surface area contributed by atoms with Gasteiger partial charge in [-0.2, -0.15) is 0 Å². The highest BCUT2D eigenvalue weighted by molar-refractivity contribution is 6.34. The van der Waals surface area contributed by atoms with E-state index in [1.165, 1.54) is 4.90 Å². The zero-order chi connectivity index (χ0) is 14.3. The topological polar surface area (TPSA) is 57.6 Å².